The number of aromatic nitrogens is 2. The summed E-state index contributed by atoms with van der Waals surface area (Å²) >= 11 is 0. The average molecular weight is 251 g/mol. The van der Waals surface area contributed by atoms with Crippen LogP contribution in [0, 0.1) is 11.6 Å². The summed E-state index contributed by atoms with van der Waals surface area (Å²) in [7, 11) is 0. The van der Waals surface area contributed by atoms with Gasteiger partial charge < -0.3 is 9.88 Å². The Labute approximate surface area is 104 Å². The minimum absolute atomic E-state index is 0.158. The highest BCUT2D eigenvalue weighted by Crippen LogP contribution is 2.17. The number of halogens is 2. The van der Waals surface area contributed by atoms with Gasteiger partial charge in [0.25, 0.3) is 0 Å². The summed E-state index contributed by atoms with van der Waals surface area (Å²) in [5, 5.41) is 3.19. The van der Waals surface area contributed by atoms with Gasteiger partial charge in [0.15, 0.2) is 0 Å². The van der Waals surface area contributed by atoms with E-state index in [1.807, 2.05) is 17.7 Å². The van der Waals surface area contributed by atoms with E-state index in [9.17, 15) is 8.78 Å². The summed E-state index contributed by atoms with van der Waals surface area (Å²) in [4.78, 5) is 3.94. The fourth-order valence-corrected chi connectivity index (χ4v) is 1.79. The lowest BCUT2D eigenvalue weighted by atomic mass is 10.1. The van der Waals surface area contributed by atoms with Crippen LogP contribution in [0.1, 0.15) is 18.5 Å². The van der Waals surface area contributed by atoms with E-state index in [1.54, 1.807) is 12.5 Å². The van der Waals surface area contributed by atoms with Crippen LogP contribution in [-0.2, 0) is 6.54 Å². The molecule has 0 saturated carbocycles. The molecule has 1 N–H and O–H groups in total. The van der Waals surface area contributed by atoms with Gasteiger partial charge in [-0.3, -0.25) is 0 Å². The highest BCUT2D eigenvalue weighted by Gasteiger charge is 2.10. The smallest absolute Gasteiger partial charge is 0.130 e. The van der Waals surface area contributed by atoms with E-state index in [2.05, 4.69) is 10.3 Å². The van der Waals surface area contributed by atoms with Crippen LogP contribution in [0.15, 0.2) is 36.9 Å². The fourth-order valence-electron chi connectivity index (χ4n) is 1.79. The maximum atomic E-state index is 13.5. The number of hydrogen-bond acceptors (Lipinski definition) is 2. The van der Waals surface area contributed by atoms with Crippen LogP contribution in [0.2, 0.25) is 0 Å². The fraction of sp³-hybridized carbons (Fsp3) is 0.308. The molecule has 0 spiro atoms. The molecule has 0 aliphatic rings. The lowest BCUT2D eigenvalue weighted by Gasteiger charge is -2.15. The van der Waals surface area contributed by atoms with Crippen LogP contribution in [0.4, 0.5) is 8.78 Å². The molecule has 0 aliphatic carbocycles. The number of rotatable bonds is 5. The van der Waals surface area contributed by atoms with Crippen molar-refractivity contribution in [1.29, 1.82) is 0 Å². The highest BCUT2D eigenvalue weighted by molar-refractivity contribution is 5.21. The van der Waals surface area contributed by atoms with Crippen molar-refractivity contribution in [2.75, 3.05) is 6.54 Å². The monoisotopic (exact) mass is 251 g/mol. The highest BCUT2D eigenvalue weighted by atomic mass is 19.1. The molecule has 3 nitrogen and oxygen atoms in total. The zero-order valence-corrected chi connectivity index (χ0v) is 10.1. The zero-order valence-electron chi connectivity index (χ0n) is 10.1. The van der Waals surface area contributed by atoms with Gasteiger partial charge in [0.2, 0.25) is 0 Å². The molecule has 1 aromatic heterocycles. The van der Waals surface area contributed by atoms with Gasteiger partial charge in [0, 0.05) is 43.2 Å². The SMILES string of the molecule is CC(NCCn1ccnc1)c1ccc(F)cc1F. The van der Waals surface area contributed by atoms with Gasteiger partial charge in [-0.1, -0.05) is 6.07 Å². The van der Waals surface area contributed by atoms with Crippen molar-refractivity contribution in [3.8, 4) is 0 Å². The summed E-state index contributed by atoms with van der Waals surface area (Å²) in [6, 6.07) is 3.49. The van der Waals surface area contributed by atoms with Crippen molar-refractivity contribution in [2.45, 2.75) is 19.5 Å². The van der Waals surface area contributed by atoms with E-state index in [0.717, 1.165) is 12.6 Å². The van der Waals surface area contributed by atoms with Crippen molar-refractivity contribution in [3.05, 3.63) is 54.1 Å². The minimum Gasteiger partial charge on any atom is -0.336 e. The summed E-state index contributed by atoms with van der Waals surface area (Å²) in [6.07, 6.45) is 5.30. The maximum absolute atomic E-state index is 13.5. The standard InChI is InChI=1S/C13H15F2N3/c1-10(12-3-2-11(14)8-13(12)15)17-5-7-18-6-4-16-9-18/h2-4,6,8-10,17H,5,7H2,1H3. The third-order valence-corrected chi connectivity index (χ3v) is 2.81. The molecule has 18 heavy (non-hydrogen) atoms. The van der Waals surface area contributed by atoms with Gasteiger partial charge in [-0.15, -0.1) is 0 Å². The number of nitrogens with zero attached hydrogens (tertiary/aromatic N) is 2. The Hall–Kier alpha value is -1.75. The zero-order chi connectivity index (χ0) is 13.0. The lowest BCUT2D eigenvalue weighted by Crippen LogP contribution is -2.23. The first kappa shape index (κ1) is 12.7. The van der Waals surface area contributed by atoms with Crippen LogP contribution in [0.5, 0.6) is 0 Å². The third-order valence-electron chi connectivity index (χ3n) is 2.81. The van der Waals surface area contributed by atoms with Crippen LogP contribution < -0.4 is 5.32 Å². The van der Waals surface area contributed by atoms with Gasteiger partial charge in [0.05, 0.1) is 6.33 Å². The molecule has 2 aromatic rings. The van der Waals surface area contributed by atoms with E-state index >= 15 is 0 Å². The number of hydrogen-bond donors (Lipinski definition) is 1. The first-order valence-electron chi connectivity index (χ1n) is 5.81. The van der Waals surface area contributed by atoms with Crippen molar-refractivity contribution >= 4 is 0 Å². The number of imidazole rings is 1. The molecule has 2 rings (SSSR count). The lowest BCUT2D eigenvalue weighted by molar-refractivity contribution is 0.499. The normalized spacial score (nSPS) is 12.6. The molecule has 0 saturated heterocycles. The first-order valence-corrected chi connectivity index (χ1v) is 5.81. The molecule has 0 amide bonds. The Bertz CT molecular complexity index is 497. The second-order valence-electron chi connectivity index (χ2n) is 4.14. The van der Waals surface area contributed by atoms with E-state index < -0.39 is 11.6 Å². The van der Waals surface area contributed by atoms with Gasteiger partial charge in [-0.05, 0) is 13.0 Å². The van der Waals surface area contributed by atoms with Crippen molar-refractivity contribution in [2.24, 2.45) is 0 Å². The number of nitrogens with one attached hydrogen (secondary N) is 1. The van der Waals surface area contributed by atoms with Gasteiger partial charge in [-0.2, -0.15) is 0 Å². The summed E-state index contributed by atoms with van der Waals surface area (Å²) in [5.41, 5.74) is 0.474. The molecule has 0 aliphatic heterocycles. The second-order valence-corrected chi connectivity index (χ2v) is 4.14. The van der Waals surface area contributed by atoms with Crippen molar-refractivity contribution < 1.29 is 8.78 Å². The Morgan fingerprint density at radius 3 is 2.89 bits per heavy atom. The second kappa shape index (κ2) is 5.73. The van der Waals surface area contributed by atoms with Crippen LogP contribution >= 0.6 is 0 Å². The quantitative estimate of drug-likeness (QED) is 0.885. The topological polar surface area (TPSA) is 29.9 Å². The molecule has 0 bridgehead atoms. The Kier molecular flexibility index (Phi) is 4.04. The van der Waals surface area contributed by atoms with E-state index in [-0.39, 0.29) is 6.04 Å². The van der Waals surface area contributed by atoms with Crippen molar-refractivity contribution in [1.82, 2.24) is 14.9 Å². The van der Waals surface area contributed by atoms with E-state index in [0.29, 0.717) is 12.1 Å². The molecule has 1 aromatic carbocycles. The molecule has 5 heteroatoms. The van der Waals surface area contributed by atoms with E-state index in [1.165, 1.54) is 12.1 Å². The molecule has 0 radical (unpaired) electrons. The Morgan fingerprint density at radius 1 is 1.39 bits per heavy atom. The maximum Gasteiger partial charge on any atom is 0.130 e. The first-order chi connectivity index (χ1) is 8.66. The predicted octanol–water partition coefficient (Wildman–Crippen LogP) is 2.51. The summed E-state index contributed by atoms with van der Waals surface area (Å²) in [5.74, 6) is -1.07. The largest absolute Gasteiger partial charge is 0.336 e. The van der Waals surface area contributed by atoms with Crippen molar-refractivity contribution in [3.63, 3.8) is 0 Å². The number of benzene rings is 1. The van der Waals surface area contributed by atoms with Gasteiger partial charge >= 0.3 is 0 Å². The third kappa shape index (κ3) is 3.13. The molecule has 0 fully saturated rings. The Balaban J connectivity index is 1.89. The summed E-state index contributed by atoms with van der Waals surface area (Å²) < 4.78 is 28.2. The molecule has 96 valence electrons. The van der Waals surface area contributed by atoms with Crippen LogP contribution in [0.3, 0.4) is 0 Å². The Morgan fingerprint density at radius 2 is 2.22 bits per heavy atom. The van der Waals surface area contributed by atoms with E-state index in [4.69, 9.17) is 0 Å². The predicted molar refractivity (Wildman–Crippen MR) is 65.0 cm³/mol. The minimum atomic E-state index is -0.554. The summed E-state index contributed by atoms with van der Waals surface area (Å²) in [6.45, 7) is 3.30. The van der Waals surface area contributed by atoms with Crippen LogP contribution in [-0.4, -0.2) is 16.1 Å². The molecular formula is C13H15F2N3. The van der Waals surface area contributed by atoms with Crippen LogP contribution in [0.25, 0.3) is 0 Å². The van der Waals surface area contributed by atoms with Gasteiger partial charge in [0.1, 0.15) is 11.6 Å². The molecule has 1 unspecified atom stereocenters. The molecular weight excluding hydrogens is 236 g/mol. The molecule has 1 atom stereocenters. The average Bonchev–Trinajstić information content (AvgIpc) is 2.81. The molecule has 1 heterocycles. The van der Waals surface area contributed by atoms with Gasteiger partial charge in [-0.25, -0.2) is 13.8 Å².